The summed E-state index contributed by atoms with van der Waals surface area (Å²) < 4.78 is 4.97. The fourth-order valence-corrected chi connectivity index (χ4v) is 3.24. The van der Waals surface area contributed by atoms with Gasteiger partial charge in [-0.05, 0) is 7.05 Å². The monoisotopic (exact) mass is 497 g/mol. The van der Waals surface area contributed by atoms with Crippen molar-refractivity contribution in [3.8, 4) is 0 Å². The van der Waals surface area contributed by atoms with Gasteiger partial charge >= 0.3 is 11.9 Å². The average molecular weight is 498 g/mol. The van der Waals surface area contributed by atoms with Crippen LogP contribution in [-0.4, -0.2) is 116 Å². The van der Waals surface area contributed by atoms with Crippen molar-refractivity contribution >= 4 is 41.3 Å². The zero-order chi connectivity index (χ0) is 26.4. The van der Waals surface area contributed by atoms with E-state index in [9.17, 15) is 24.3 Å². The summed E-state index contributed by atoms with van der Waals surface area (Å²) in [5.41, 5.74) is 0.237. The molecule has 0 spiro atoms. The summed E-state index contributed by atoms with van der Waals surface area (Å²) in [5.74, 6) is -2.88. The molecule has 0 bridgehead atoms. The van der Waals surface area contributed by atoms with E-state index in [1.807, 2.05) is 0 Å². The number of hydrogen-bond donors (Lipinski definition) is 4. The number of ketones is 1. The standard InChI is InChI=1S/C21H33N7O7/c1-5-16(28-7-6-23-19(21(28)33)24-12-14(26-34)11-22-2)20(32)25-15(10-18(30)31)17(29)13-27(3)8-9-35-4/h6-7,11,15-16,34H,5,8-10,12-13H2,1-4H3,(H,23,24)(H,25,32)(H,30,31)/p+2. The van der Waals surface area contributed by atoms with E-state index in [1.54, 1.807) is 18.9 Å². The number of likely N-dealkylation sites (N-methyl/N-ethyl adjacent to an activating group) is 1. The summed E-state index contributed by atoms with van der Waals surface area (Å²) >= 11 is 0. The number of carboxylic acid groups (broad SMARTS) is 1. The number of ether oxygens (including phenoxy) is 1. The largest absolute Gasteiger partial charge is 0.481 e. The first-order valence-electron chi connectivity index (χ1n) is 10.9. The van der Waals surface area contributed by atoms with Crippen molar-refractivity contribution in [2.24, 2.45) is 15.1 Å². The number of aliphatic imine (C=N–C) groups is 2. The van der Waals surface area contributed by atoms with Gasteiger partial charge in [-0.3, -0.25) is 29.3 Å². The molecule has 6 N–H and O–H groups in total. The van der Waals surface area contributed by atoms with Gasteiger partial charge in [-0.15, -0.1) is 0 Å². The highest BCUT2D eigenvalue weighted by molar-refractivity contribution is 6.36. The van der Waals surface area contributed by atoms with E-state index in [0.29, 0.717) is 13.2 Å². The molecule has 0 aromatic carbocycles. The molecule has 194 valence electrons. The molecular weight excluding hydrogens is 462 g/mol. The Labute approximate surface area is 203 Å². The number of carboxylic acids is 1. The summed E-state index contributed by atoms with van der Waals surface area (Å²) in [5, 5.41) is 24.9. The lowest BCUT2D eigenvalue weighted by Gasteiger charge is -2.26. The van der Waals surface area contributed by atoms with Gasteiger partial charge in [-0.2, -0.15) is 0 Å². The Morgan fingerprint density at radius 3 is 2.69 bits per heavy atom. The number of carbonyl (C=O) groups is 4. The van der Waals surface area contributed by atoms with Gasteiger partial charge in [0.2, 0.25) is 5.84 Å². The van der Waals surface area contributed by atoms with Crippen LogP contribution in [0.1, 0.15) is 19.8 Å². The fraction of sp³-hybridized carbons (Fsp3) is 0.571. The van der Waals surface area contributed by atoms with Crippen LogP contribution < -0.4 is 15.5 Å². The normalized spacial score (nSPS) is 19.1. The van der Waals surface area contributed by atoms with Crippen molar-refractivity contribution in [3.63, 3.8) is 0 Å². The van der Waals surface area contributed by atoms with Crippen LogP contribution in [0.5, 0.6) is 0 Å². The molecule has 1 heterocycles. The third-order valence-electron chi connectivity index (χ3n) is 5.07. The van der Waals surface area contributed by atoms with E-state index in [2.05, 4.69) is 25.8 Å². The van der Waals surface area contributed by atoms with Crippen LogP contribution in [0.15, 0.2) is 27.5 Å². The van der Waals surface area contributed by atoms with Crippen LogP contribution in [0.3, 0.4) is 0 Å². The number of amides is 2. The van der Waals surface area contributed by atoms with Crippen LogP contribution in [0.25, 0.3) is 0 Å². The van der Waals surface area contributed by atoms with Gasteiger partial charge < -0.3 is 25.7 Å². The van der Waals surface area contributed by atoms with Crippen molar-refractivity contribution < 1.29 is 39.1 Å². The Bertz CT molecular complexity index is 885. The lowest BCUT2D eigenvalue weighted by Crippen LogP contribution is -3.17. The lowest BCUT2D eigenvalue weighted by molar-refractivity contribution is -0.780. The maximum Gasteiger partial charge on any atom is 0.384 e. The Morgan fingerprint density at radius 2 is 2.11 bits per heavy atom. The van der Waals surface area contributed by atoms with E-state index in [0.717, 1.165) is 0 Å². The second-order valence-corrected chi connectivity index (χ2v) is 7.73. The molecule has 0 aliphatic carbocycles. The van der Waals surface area contributed by atoms with Gasteiger partial charge in [0.05, 0.1) is 49.7 Å². The molecule has 0 saturated heterocycles. The molecule has 14 nitrogen and oxygen atoms in total. The summed E-state index contributed by atoms with van der Waals surface area (Å²) in [6, 6.07) is -2.18. The Balaban J connectivity index is 2.99. The molecular formula is C21H35N7O7+2. The van der Waals surface area contributed by atoms with Crippen LogP contribution in [-0.2, 0) is 23.9 Å². The maximum absolute atomic E-state index is 13.1. The molecule has 3 atom stereocenters. The Hall–Kier alpha value is -3.49. The highest BCUT2D eigenvalue weighted by Gasteiger charge is 2.38. The minimum absolute atomic E-state index is 0.0302. The zero-order valence-corrected chi connectivity index (χ0v) is 20.4. The first-order valence-corrected chi connectivity index (χ1v) is 10.9. The van der Waals surface area contributed by atoms with Crippen LogP contribution in [0, 0.1) is 0 Å². The third kappa shape index (κ3) is 9.72. The number of nitrogens with zero attached hydrogens (tertiary/aromatic N) is 4. The molecule has 1 rings (SSSR count). The van der Waals surface area contributed by atoms with E-state index in [4.69, 9.17) is 9.94 Å². The smallest absolute Gasteiger partial charge is 0.384 e. The molecule has 1 aliphatic rings. The fourth-order valence-electron chi connectivity index (χ4n) is 3.24. The van der Waals surface area contributed by atoms with Gasteiger partial charge in [0.15, 0.2) is 17.5 Å². The third-order valence-corrected chi connectivity index (χ3v) is 5.07. The van der Waals surface area contributed by atoms with Gasteiger partial charge in [-0.25, -0.2) is 9.69 Å². The van der Waals surface area contributed by atoms with Crippen molar-refractivity contribution in [1.82, 2.24) is 15.5 Å². The first kappa shape index (κ1) is 29.5. The van der Waals surface area contributed by atoms with Crippen molar-refractivity contribution in [2.75, 3.05) is 47.4 Å². The number of methoxy groups -OCH3 is 1. The SMILES string of the molecule is CCC(C(=O)NC(CC(=O)O)C(=O)CN(C)CCOC)[NH+]1C=CNC(=NCC(C=NC)=N[OH2+])C1=O. The van der Waals surface area contributed by atoms with Crippen LogP contribution >= 0.6 is 0 Å². The Morgan fingerprint density at radius 1 is 1.40 bits per heavy atom. The highest BCUT2D eigenvalue weighted by atomic mass is 16.5. The predicted molar refractivity (Wildman–Crippen MR) is 129 cm³/mol. The number of quaternary nitrogens is 1. The number of aliphatic carboxylic acids is 1. The number of amidine groups is 1. The summed E-state index contributed by atoms with van der Waals surface area (Å²) in [6.45, 7) is 2.41. The quantitative estimate of drug-likeness (QED) is 0.102. The van der Waals surface area contributed by atoms with Crippen molar-refractivity contribution in [1.29, 1.82) is 0 Å². The number of carbonyl (C=O) groups excluding carboxylic acids is 3. The minimum Gasteiger partial charge on any atom is -0.481 e. The van der Waals surface area contributed by atoms with Gasteiger partial charge in [-0.1, -0.05) is 6.92 Å². The predicted octanol–water partition coefficient (Wildman–Crippen LogP) is -3.46. The van der Waals surface area contributed by atoms with Crippen LogP contribution in [0.4, 0.5) is 0 Å². The maximum atomic E-state index is 13.1. The summed E-state index contributed by atoms with van der Waals surface area (Å²) in [7, 11) is 4.73. The number of rotatable bonds is 15. The number of Topliss-reactive ketones (excluding diaryl/α,β-unsaturated/α-hetero) is 1. The molecule has 0 aromatic rings. The zero-order valence-electron chi connectivity index (χ0n) is 20.4. The van der Waals surface area contributed by atoms with Crippen molar-refractivity contribution in [3.05, 3.63) is 12.4 Å². The summed E-state index contributed by atoms with van der Waals surface area (Å²) in [4.78, 5) is 59.8. The molecule has 0 fully saturated rings. The topological polar surface area (TPSA) is 189 Å². The number of hydrogen-bond acceptors (Lipinski definition) is 9. The Kier molecular flexibility index (Phi) is 13.0. The molecule has 0 saturated carbocycles. The van der Waals surface area contributed by atoms with Crippen molar-refractivity contribution in [2.45, 2.75) is 31.8 Å². The van der Waals surface area contributed by atoms with Gasteiger partial charge in [0, 0.05) is 27.1 Å². The first-order chi connectivity index (χ1) is 16.7. The van der Waals surface area contributed by atoms with E-state index >= 15 is 0 Å². The number of nitrogens with one attached hydrogen (secondary N) is 3. The minimum atomic E-state index is -1.25. The molecule has 1 aliphatic heterocycles. The average Bonchev–Trinajstić information content (AvgIpc) is 2.81. The molecule has 3 unspecified atom stereocenters. The van der Waals surface area contributed by atoms with E-state index in [-0.39, 0.29) is 36.0 Å². The second kappa shape index (κ2) is 15.4. The molecule has 14 heteroatoms. The van der Waals surface area contributed by atoms with E-state index in [1.165, 1.54) is 32.8 Å². The lowest BCUT2D eigenvalue weighted by atomic mass is 10.1. The molecule has 0 aromatic heterocycles. The van der Waals surface area contributed by atoms with Gasteiger partial charge in [0.25, 0.3) is 5.91 Å². The van der Waals surface area contributed by atoms with Gasteiger partial charge in [0.1, 0.15) is 6.20 Å². The molecule has 2 amide bonds. The highest BCUT2D eigenvalue weighted by Crippen LogP contribution is 2.00. The second-order valence-electron chi connectivity index (χ2n) is 7.73. The van der Waals surface area contributed by atoms with E-state index < -0.39 is 42.1 Å². The summed E-state index contributed by atoms with van der Waals surface area (Å²) in [6.07, 6.45) is 3.91. The van der Waals surface area contributed by atoms with Crippen LogP contribution in [0.2, 0.25) is 0 Å². The molecule has 35 heavy (non-hydrogen) atoms. The molecule has 0 radical (unpaired) electrons.